The molecule has 1 amide bonds. The number of hydrogen-bond donors (Lipinski definition) is 2. The maximum absolute atomic E-state index is 12.6. The van der Waals surface area contributed by atoms with Crippen LogP contribution < -0.4 is 14.8 Å². The zero-order valence-corrected chi connectivity index (χ0v) is 15.2. The Morgan fingerprint density at radius 2 is 1.68 bits per heavy atom. The summed E-state index contributed by atoms with van der Waals surface area (Å²) in [4.78, 5) is 34.6. The molecule has 9 nitrogen and oxygen atoms in total. The van der Waals surface area contributed by atoms with Crippen LogP contribution in [-0.4, -0.2) is 35.1 Å². The van der Waals surface area contributed by atoms with E-state index in [2.05, 4.69) is 5.32 Å². The van der Waals surface area contributed by atoms with Gasteiger partial charge in [-0.1, -0.05) is 12.1 Å². The number of aliphatic carboxylic acids is 1. The smallest absolute Gasteiger partial charge is 0.313 e. The van der Waals surface area contributed by atoms with Crippen molar-refractivity contribution in [2.75, 3.05) is 18.5 Å². The van der Waals surface area contributed by atoms with E-state index in [1.165, 1.54) is 12.1 Å². The third-order valence-electron chi connectivity index (χ3n) is 4.50. The minimum atomic E-state index is -1.09. The lowest BCUT2D eigenvalue weighted by atomic mass is 9.85. The lowest BCUT2D eigenvalue weighted by Gasteiger charge is -2.20. The van der Waals surface area contributed by atoms with Crippen molar-refractivity contribution in [3.8, 4) is 11.5 Å². The molecule has 0 spiro atoms. The lowest BCUT2D eigenvalue weighted by molar-refractivity contribution is -0.385. The number of carbonyl (C=O) groups is 2. The molecule has 9 heteroatoms. The fourth-order valence-corrected chi connectivity index (χ4v) is 2.70. The third-order valence-corrected chi connectivity index (χ3v) is 4.50. The molecular formula is C19H18N2O7. The Labute approximate surface area is 160 Å². The maximum atomic E-state index is 12.6. The first-order valence-electron chi connectivity index (χ1n) is 8.43. The molecule has 0 aromatic heterocycles. The average Bonchev–Trinajstić information content (AvgIpc) is 2.67. The van der Waals surface area contributed by atoms with Gasteiger partial charge < -0.3 is 19.9 Å². The van der Waals surface area contributed by atoms with Crippen molar-refractivity contribution < 1.29 is 29.1 Å². The summed E-state index contributed by atoms with van der Waals surface area (Å²) in [5.41, 5.74) is -0.714. The van der Waals surface area contributed by atoms with Crippen molar-refractivity contribution in [2.24, 2.45) is 0 Å². The van der Waals surface area contributed by atoms with Gasteiger partial charge in [0.25, 0.3) is 11.6 Å². The van der Waals surface area contributed by atoms with Gasteiger partial charge in [-0.3, -0.25) is 19.7 Å². The van der Waals surface area contributed by atoms with E-state index in [9.17, 15) is 24.8 Å². The molecule has 1 aliphatic rings. The minimum absolute atomic E-state index is 0.163. The number of carboxylic acid groups (broad SMARTS) is 1. The number of nitro benzene ring substituents is 1. The van der Waals surface area contributed by atoms with Gasteiger partial charge in [0.15, 0.2) is 11.5 Å². The number of amides is 1. The van der Waals surface area contributed by atoms with Crippen LogP contribution in [0.3, 0.4) is 0 Å². The number of nitrogens with one attached hydrogen (secondary N) is 1. The molecule has 0 bridgehead atoms. The fraction of sp³-hybridized carbons (Fsp3) is 0.263. The van der Waals surface area contributed by atoms with Gasteiger partial charge in [0.05, 0.1) is 16.4 Å². The van der Waals surface area contributed by atoms with Crippen molar-refractivity contribution in [3.05, 3.63) is 57.6 Å². The van der Waals surface area contributed by atoms with Crippen LogP contribution in [0.5, 0.6) is 11.5 Å². The number of fused-ring (bicyclic) bond motifs is 1. The van der Waals surface area contributed by atoms with Gasteiger partial charge in [0.2, 0.25) is 0 Å². The number of anilines is 1. The van der Waals surface area contributed by atoms with Crippen LogP contribution in [0.1, 0.15) is 29.8 Å². The van der Waals surface area contributed by atoms with Gasteiger partial charge in [-0.2, -0.15) is 0 Å². The van der Waals surface area contributed by atoms with Crippen molar-refractivity contribution in [1.82, 2.24) is 0 Å². The number of benzene rings is 2. The van der Waals surface area contributed by atoms with Gasteiger partial charge in [0.1, 0.15) is 18.8 Å². The van der Waals surface area contributed by atoms with Crippen molar-refractivity contribution in [3.63, 3.8) is 0 Å². The number of nitro groups is 1. The zero-order valence-electron chi connectivity index (χ0n) is 15.2. The zero-order chi connectivity index (χ0) is 20.5. The molecule has 2 aromatic carbocycles. The molecule has 2 aromatic rings. The summed E-state index contributed by atoms with van der Waals surface area (Å²) in [6.07, 6.45) is 0. The molecule has 0 unspecified atom stereocenters. The molecule has 1 heterocycles. The number of rotatable bonds is 5. The highest BCUT2D eigenvalue weighted by Gasteiger charge is 2.30. The highest BCUT2D eigenvalue weighted by Crippen LogP contribution is 2.37. The summed E-state index contributed by atoms with van der Waals surface area (Å²) in [5, 5.41) is 23.2. The molecule has 0 fully saturated rings. The molecule has 0 saturated heterocycles. The molecule has 3 rings (SSSR count). The quantitative estimate of drug-likeness (QED) is 0.597. The Bertz CT molecular complexity index is 951. The van der Waals surface area contributed by atoms with Crippen molar-refractivity contribution in [2.45, 2.75) is 19.3 Å². The fourth-order valence-electron chi connectivity index (χ4n) is 2.70. The van der Waals surface area contributed by atoms with Crippen molar-refractivity contribution in [1.29, 1.82) is 0 Å². The normalized spacial score (nSPS) is 12.9. The summed E-state index contributed by atoms with van der Waals surface area (Å²) in [5.74, 6) is -1.18. The Morgan fingerprint density at radius 3 is 2.21 bits per heavy atom. The van der Waals surface area contributed by atoms with E-state index >= 15 is 0 Å². The van der Waals surface area contributed by atoms with Gasteiger partial charge in [0, 0.05) is 11.8 Å². The first kappa shape index (κ1) is 19.2. The van der Waals surface area contributed by atoms with E-state index in [1.807, 2.05) is 0 Å². The van der Waals surface area contributed by atoms with Crippen LogP contribution in [-0.2, 0) is 10.2 Å². The first-order chi connectivity index (χ1) is 13.2. The average molecular weight is 386 g/mol. The molecule has 28 heavy (non-hydrogen) atoms. The van der Waals surface area contributed by atoms with Crippen LogP contribution >= 0.6 is 0 Å². The summed E-state index contributed by atoms with van der Waals surface area (Å²) in [6.45, 7) is 3.70. The second kappa shape index (κ2) is 7.18. The number of hydrogen-bond acceptors (Lipinski definition) is 6. The van der Waals surface area contributed by atoms with Crippen LogP contribution in [0.15, 0.2) is 36.4 Å². The summed E-state index contributed by atoms with van der Waals surface area (Å²) < 4.78 is 10.7. The minimum Gasteiger partial charge on any atom is -0.486 e. The summed E-state index contributed by atoms with van der Waals surface area (Å²) in [7, 11) is 0. The number of carboxylic acids is 1. The highest BCUT2D eigenvalue weighted by atomic mass is 16.6. The van der Waals surface area contributed by atoms with Gasteiger partial charge >= 0.3 is 5.97 Å². The topological polar surface area (TPSA) is 128 Å². The highest BCUT2D eigenvalue weighted by molar-refractivity contribution is 6.07. The molecular weight excluding hydrogens is 368 g/mol. The van der Waals surface area contributed by atoms with E-state index < -0.39 is 27.9 Å². The maximum Gasteiger partial charge on any atom is 0.313 e. The predicted octanol–water partition coefficient (Wildman–Crippen LogP) is 2.98. The van der Waals surface area contributed by atoms with Crippen molar-refractivity contribution >= 4 is 23.3 Å². The molecule has 1 aliphatic heterocycles. The molecule has 0 radical (unpaired) electrons. The predicted molar refractivity (Wildman–Crippen MR) is 99.1 cm³/mol. The molecule has 0 atom stereocenters. The first-order valence-corrected chi connectivity index (χ1v) is 8.43. The molecule has 146 valence electrons. The largest absolute Gasteiger partial charge is 0.486 e. The summed E-state index contributed by atoms with van der Waals surface area (Å²) >= 11 is 0. The van der Waals surface area contributed by atoms with E-state index in [0.29, 0.717) is 11.3 Å². The van der Waals surface area contributed by atoms with Gasteiger partial charge in [-0.05, 0) is 31.5 Å². The molecule has 0 aliphatic carbocycles. The van der Waals surface area contributed by atoms with E-state index in [0.717, 1.165) is 0 Å². The third kappa shape index (κ3) is 3.59. The van der Waals surface area contributed by atoms with E-state index in [-0.39, 0.29) is 30.3 Å². The SMILES string of the molecule is CC(C)(C(=O)O)c1ccc(NC(=O)c2cc3c(cc2[N+](=O)[O-])OCCO3)cc1. The summed E-state index contributed by atoms with van der Waals surface area (Å²) in [6, 6.07) is 8.71. The Morgan fingerprint density at radius 1 is 1.11 bits per heavy atom. The number of nitrogens with zero attached hydrogens (tertiary/aromatic N) is 1. The lowest BCUT2D eigenvalue weighted by Crippen LogP contribution is -2.28. The van der Waals surface area contributed by atoms with Crippen LogP contribution in [0.2, 0.25) is 0 Å². The number of carbonyl (C=O) groups excluding carboxylic acids is 1. The van der Waals surface area contributed by atoms with E-state index in [4.69, 9.17) is 9.47 Å². The van der Waals surface area contributed by atoms with Crippen LogP contribution in [0.25, 0.3) is 0 Å². The van der Waals surface area contributed by atoms with Gasteiger partial charge in [-0.25, -0.2) is 0 Å². The monoisotopic (exact) mass is 386 g/mol. The Kier molecular flexibility index (Phi) is 4.91. The Balaban J connectivity index is 1.87. The molecule has 0 saturated carbocycles. The van der Waals surface area contributed by atoms with Crippen LogP contribution in [0.4, 0.5) is 11.4 Å². The second-order valence-corrected chi connectivity index (χ2v) is 6.73. The Hall–Kier alpha value is -3.62. The van der Waals surface area contributed by atoms with Crippen LogP contribution in [0, 0.1) is 10.1 Å². The van der Waals surface area contributed by atoms with E-state index in [1.54, 1.807) is 38.1 Å². The second-order valence-electron chi connectivity index (χ2n) is 6.73. The van der Waals surface area contributed by atoms with Gasteiger partial charge in [-0.15, -0.1) is 0 Å². The standard InChI is InChI=1S/C19H18N2O7/c1-19(2,18(23)24)11-3-5-12(6-4-11)20-17(22)13-9-15-16(28-8-7-27-15)10-14(13)21(25)26/h3-6,9-10H,7-8H2,1-2H3,(H,20,22)(H,23,24). The molecule has 2 N–H and O–H groups in total. The number of ether oxygens (including phenoxy) is 2.